The van der Waals surface area contributed by atoms with Crippen molar-refractivity contribution in [2.75, 3.05) is 0 Å². The lowest BCUT2D eigenvalue weighted by molar-refractivity contribution is 0.768. The van der Waals surface area contributed by atoms with Gasteiger partial charge in [-0.3, -0.25) is 0 Å². The van der Waals surface area contributed by atoms with E-state index in [0.717, 1.165) is 33.5 Å². The predicted molar refractivity (Wildman–Crippen MR) is 269 cm³/mol. The van der Waals surface area contributed by atoms with Crippen molar-refractivity contribution in [1.82, 2.24) is 9.97 Å². The molecule has 0 aliphatic heterocycles. The summed E-state index contributed by atoms with van der Waals surface area (Å²) in [6.07, 6.45) is 0. The van der Waals surface area contributed by atoms with Crippen molar-refractivity contribution in [1.29, 1.82) is 0 Å². The monoisotopic (exact) mass is 826 g/mol. The Morgan fingerprint density at radius 1 is 0.262 bits per heavy atom. The molecule has 0 radical (unpaired) electrons. The number of rotatable bonds is 8. The normalized spacial score (nSPS) is 12.4. The van der Waals surface area contributed by atoms with Crippen molar-refractivity contribution < 1.29 is 0 Å². The smallest absolute Gasteiger partial charge is 0.160 e. The van der Waals surface area contributed by atoms with Crippen molar-refractivity contribution in [3.63, 3.8) is 0 Å². The Morgan fingerprint density at radius 2 is 0.754 bits per heavy atom. The number of hydrogen-bond acceptors (Lipinski definition) is 2. The van der Waals surface area contributed by atoms with Crippen LogP contribution in [-0.4, -0.2) is 9.97 Å². The maximum absolute atomic E-state index is 5.19. The summed E-state index contributed by atoms with van der Waals surface area (Å²) in [4.78, 5) is 10.2. The molecule has 1 aliphatic rings. The largest absolute Gasteiger partial charge is 0.228 e. The molecule has 0 atom stereocenters. The van der Waals surface area contributed by atoms with Gasteiger partial charge in [0.05, 0.1) is 16.8 Å². The lowest BCUT2D eigenvalue weighted by Gasteiger charge is -2.34. The van der Waals surface area contributed by atoms with E-state index in [1.165, 1.54) is 72.1 Å². The highest BCUT2D eigenvalue weighted by molar-refractivity contribution is 6.05. The van der Waals surface area contributed by atoms with Crippen LogP contribution in [0.5, 0.6) is 0 Å². The molecule has 1 heterocycles. The molecule has 12 rings (SSSR count). The van der Waals surface area contributed by atoms with Crippen LogP contribution in [0.4, 0.5) is 0 Å². The number of hydrogen-bond donors (Lipinski definition) is 0. The van der Waals surface area contributed by atoms with E-state index in [9.17, 15) is 0 Å². The SMILES string of the molecule is c1ccc(-c2cc(-c3ccc(-c4cccc(-c5ccc(-c6cccc7c6-c6ccccc6C7(c6ccccc6)c6ccccc6)cc5)c4)c4ccccc34)nc(-c3ccccc3)n2)cc1. The van der Waals surface area contributed by atoms with Crippen LogP contribution >= 0.6 is 0 Å². The molecule has 304 valence electrons. The van der Waals surface area contributed by atoms with Gasteiger partial charge in [-0.15, -0.1) is 0 Å². The zero-order valence-electron chi connectivity index (χ0n) is 35.6. The number of benzene rings is 10. The Kier molecular flexibility index (Phi) is 9.43. The van der Waals surface area contributed by atoms with Crippen molar-refractivity contribution in [2.24, 2.45) is 0 Å². The molecule has 0 bridgehead atoms. The third kappa shape index (κ3) is 6.50. The van der Waals surface area contributed by atoms with E-state index >= 15 is 0 Å². The van der Waals surface area contributed by atoms with Gasteiger partial charge < -0.3 is 0 Å². The lowest BCUT2D eigenvalue weighted by atomic mass is 9.67. The Bertz CT molecular complexity index is 3410. The zero-order chi connectivity index (χ0) is 43.2. The molecule has 0 saturated heterocycles. The van der Waals surface area contributed by atoms with Crippen LogP contribution in [0.15, 0.2) is 255 Å². The van der Waals surface area contributed by atoms with Gasteiger partial charge in [0, 0.05) is 16.7 Å². The van der Waals surface area contributed by atoms with Gasteiger partial charge in [-0.05, 0) is 89.7 Å². The van der Waals surface area contributed by atoms with Gasteiger partial charge in [0.2, 0.25) is 0 Å². The maximum atomic E-state index is 5.19. The number of nitrogens with zero attached hydrogens (tertiary/aromatic N) is 2. The molecule has 2 nitrogen and oxygen atoms in total. The second-order valence-corrected chi connectivity index (χ2v) is 16.8. The summed E-state index contributed by atoms with van der Waals surface area (Å²) >= 11 is 0. The molecule has 0 unspecified atom stereocenters. The Hall–Kier alpha value is -8.46. The van der Waals surface area contributed by atoms with Crippen LogP contribution in [0.25, 0.3) is 89.2 Å². The average molecular weight is 827 g/mol. The minimum Gasteiger partial charge on any atom is -0.228 e. The fraction of sp³-hybridized carbons (Fsp3) is 0.0159. The first-order chi connectivity index (χ1) is 32.2. The van der Waals surface area contributed by atoms with E-state index < -0.39 is 5.41 Å². The molecular formula is C63H42N2. The van der Waals surface area contributed by atoms with Crippen molar-refractivity contribution in [3.05, 3.63) is 277 Å². The van der Waals surface area contributed by atoms with Gasteiger partial charge in [0.1, 0.15) is 0 Å². The summed E-state index contributed by atoms with van der Waals surface area (Å²) in [5, 5.41) is 2.33. The summed E-state index contributed by atoms with van der Waals surface area (Å²) in [5.41, 5.74) is 19.4. The predicted octanol–water partition coefficient (Wildman–Crippen LogP) is 16.0. The van der Waals surface area contributed by atoms with Gasteiger partial charge in [-0.1, -0.05) is 243 Å². The van der Waals surface area contributed by atoms with Gasteiger partial charge in [-0.2, -0.15) is 0 Å². The molecule has 0 N–H and O–H groups in total. The summed E-state index contributed by atoms with van der Waals surface area (Å²) in [5.74, 6) is 0.711. The Balaban J connectivity index is 0.925. The van der Waals surface area contributed by atoms with E-state index in [4.69, 9.17) is 9.97 Å². The second kappa shape index (κ2) is 16.0. The van der Waals surface area contributed by atoms with Gasteiger partial charge in [0.15, 0.2) is 5.82 Å². The van der Waals surface area contributed by atoms with Crippen molar-refractivity contribution in [3.8, 4) is 78.4 Å². The first-order valence-corrected chi connectivity index (χ1v) is 22.3. The fourth-order valence-corrected chi connectivity index (χ4v) is 10.3. The van der Waals surface area contributed by atoms with Crippen molar-refractivity contribution in [2.45, 2.75) is 5.41 Å². The van der Waals surface area contributed by atoms with Crippen LogP contribution in [-0.2, 0) is 5.41 Å². The zero-order valence-corrected chi connectivity index (χ0v) is 35.6. The minimum absolute atomic E-state index is 0.432. The van der Waals surface area contributed by atoms with E-state index in [0.29, 0.717) is 5.82 Å². The summed E-state index contributed by atoms with van der Waals surface area (Å²) in [6.45, 7) is 0. The molecular weight excluding hydrogens is 785 g/mol. The Morgan fingerprint density at radius 3 is 1.46 bits per heavy atom. The molecule has 0 saturated carbocycles. The highest BCUT2D eigenvalue weighted by atomic mass is 14.9. The molecule has 0 fully saturated rings. The molecule has 2 heteroatoms. The topological polar surface area (TPSA) is 25.8 Å². The quantitative estimate of drug-likeness (QED) is 0.152. The summed E-state index contributed by atoms with van der Waals surface area (Å²) < 4.78 is 0. The van der Waals surface area contributed by atoms with E-state index in [1.807, 2.05) is 24.3 Å². The molecule has 1 aliphatic carbocycles. The van der Waals surface area contributed by atoms with E-state index in [1.54, 1.807) is 0 Å². The average Bonchev–Trinajstić information content (AvgIpc) is 3.70. The molecule has 10 aromatic carbocycles. The van der Waals surface area contributed by atoms with E-state index in [2.05, 4.69) is 231 Å². The summed E-state index contributed by atoms with van der Waals surface area (Å²) in [7, 11) is 0. The highest BCUT2D eigenvalue weighted by Gasteiger charge is 2.46. The standard InChI is InChI=1S/C63H42N2/c1-5-19-45(20-6-1)59-42-60(65-62(64-59)46-21-7-2-8-22-46)55-40-39-51(53-29-13-14-30-54(53)55)48-24-17-23-47(41-48)43-35-37-44(38-36-43)52-32-18-34-58-61(52)56-31-15-16-33-57(56)63(58,49-25-9-3-10-26-49)50-27-11-4-12-28-50/h1-42H. The Labute approximate surface area is 379 Å². The van der Waals surface area contributed by atoms with Crippen molar-refractivity contribution >= 4 is 10.8 Å². The lowest BCUT2D eigenvalue weighted by Crippen LogP contribution is -2.28. The maximum Gasteiger partial charge on any atom is 0.160 e. The summed E-state index contributed by atoms with van der Waals surface area (Å²) in [6, 6.07) is 91.9. The van der Waals surface area contributed by atoms with Crippen LogP contribution in [0.3, 0.4) is 0 Å². The third-order valence-electron chi connectivity index (χ3n) is 13.2. The molecule has 0 amide bonds. The van der Waals surface area contributed by atoms with Crippen LogP contribution in [0.1, 0.15) is 22.3 Å². The van der Waals surface area contributed by atoms with E-state index in [-0.39, 0.29) is 0 Å². The third-order valence-corrected chi connectivity index (χ3v) is 13.2. The molecule has 65 heavy (non-hydrogen) atoms. The minimum atomic E-state index is -0.432. The fourth-order valence-electron chi connectivity index (χ4n) is 10.3. The van der Waals surface area contributed by atoms with Crippen LogP contribution in [0, 0.1) is 0 Å². The van der Waals surface area contributed by atoms with Crippen LogP contribution < -0.4 is 0 Å². The van der Waals surface area contributed by atoms with Gasteiger partial charge in [-0.25, -0.2) is 9.97 Å². The second-order valence-electron chi connectivity index (χ2n) is 16.8. The molecule has 0 spiro atoms. The van der Waals surface area contributed by atoms with Crippen LogP contribution in [0.2, 0.25) is 0 Å². The highest BCUT2D eigenvalue weighted by Crippen LogP contribution is 2.58. The number of aromatic nitrogens is 2. The molecule has 11 aromatic rings. The van der Waals surface area contributed by atoms with Gasteiger partial charge >= 0.3 is 0 Å². The van der Waals surface area contributed by atoms with Gasteiger partial charge in [0.25, 0.3) is 0 Å². The first-order valence-electron chi connectivity index (χ1n) is 22.3. The number of fused-ring (bicyclic) bond motifs is 4. The molecule has 1 aromatic heterocycles. The first kappa shape index (κ1) is 38.2.